The van der Waals surface area contributed by atoms with E-state index >= 15 is 0 Å². The van der Waals surface area contributed by atoms with Crippen LogP contribution in [-0.4, -0.2) is 63.1 Å². The third-order valence-electron chi connectivity index (χ3n) is 12.4. The lowest BCUT2D eigenvalue weighted by Crippen LogP contribution is -2.54. The Morgan fingerprint density at radius 3 is 2.22 bits per heavy atom. The molecular formula is C32H51O12P. The summed E-state index contributed by atoms with van der Waals surface area (Å²) in [7, 11) is -4.56. The molecule has 0 bridgehead atoms. The Bertz CT molecular complexity index is 1150. The Hall–Kier alpha value is -2.17. The number of ether oxygens (including phenoxy) is 3. The molecule has 45 heavy (non-hydrogen) atoms. The zero-order chi connectivity index (χ0) is 33.2. The third kappa shape index (κ3) is 8.41. The molecule has 4 N–H and O–H groups in total. The lowest BCUT2D eigenvalue weighted by molar-refractivity contribution is -0.156. The van der Waals surface area contributed by atoms with Gasteiger partial charge in [0.1, 0.15) is 6.10 Å². The summed E-state index contributed by atoms with van der Waals surface area (Å²) in [5, 5.41) is 18.3. The molecule has 4 fully saturated rings. The smallest absolute Gasteiger partial charge is 0.481 e. The van der Waals surface area contributed by atoms with E-state index in [4.69, 9.17) is 29.1 Å². The Morgan fingerprint density at radius 1 is 0.867 bits per heavy atom. The van der Waals surface area contributed by atoms with E-state index in [1.54, 1.807) is 0 Å². The van der Waals surface area contributed by atoms with Crippen LogP contribution in [0.5, 0.6) is 0 Å². The molecule has 0 saturated heterocycles. The number of esters is 1. The zero-order valence-electron chi connectivity index (χ0n) is 26.7. The second-order valence-electron chi connectivity index (χ2n) is 14.8. The van der Waals surface area contributed by atoms with Gasteiger partial charge in [-0.25, -0.2) is 4.79 Å². The molecule has 0 aromatic rings. The minimum absolute atomic E-state index is 0.185. The van der Waals surface area contributed by atoms with Crippen molar-refractivity contribution in [2.45, 2.75) is 110 Å². The van der Waals surface area contributed by atoms with Crippen LogP contribution in [0.2, 0.25) is 0 Å². The van der Waals surface area contributed by atoms with E-state index in [1.807, 2.05) is 0 Å². The Labute approximate surface area is 265 Å². The molecule has 0 aliphatic heterocycles. The van der Waals surface area contributed by atoms with Crippen molar-refractivity contribution in [3.05, 3.63) is 0 Å². The molecule has 12 nitrogen and oxygen atoms in total. The molecule has 0 aromatic carbocycles. The Kier molecular flexibility index (Phi) is 11.3. The Morgan fingerprint density at radius 2 is 1.56 bits per heavy atom. The van der Waals surface area contributed by atoms with Crippen LogP contribution < -0.4 is 0 Å². The van der Waals surface area contributed by atoms with Gasteiger partial charge in [-0.1, -0.05) is 20.8 Å². The van der Waals surface area contributed by atoms with Crippen molar-refractivity contribution in [2.24, 2.45) is 52.3 Å². The van der Waals surface area contributed by atoms with Crippen LogP contribution in [0.25, 0.3) is 0 Å². The summed E-state index contributed by atoms with van der Waals surface area (Å²) in [6.07, 6.45) is 7.71. The highest BCUT2D eigenvalue weighted by Gasteiger charge is 2.60. The quantitative estimate of drug-likeness (QED) is 0.105. The van der Waals surface area contributed by atoms with Crippen molar-refractivity contribution in [3.8, 4) is 0 Å². The number of aliphatic carboxylic acids is 2. The van der Waals surface area contributed by atoms with Gasteiger partial charge in [-0.05, 0) is 117 Å². The van der Waals surface area contributed by atoms with E-state index in [9.17, 15) is 28.8 Å². The topological polar surface area (TPSA) is 194 Å². The first-order valence-corrected chi connectivity index (χ1v) is 18.3. The average molecular weight is 659 g/mol. The fraction of sp³-hybridized carbons (Fsp3) is 0.875. The zero-order valence-corrected chi connectivity index (χ0v) is 27.6. The van der Waals surface area contributed by atoms with Crippen molar-refractivity contribution in [1.82, 2.24) is 0 Å². The standard InChI is InChI=1S/C32H51O12P/c1-19(4-10-27(33)34)24-8-9-25-23-7-6-21-16-22(12-14-31(21,2)26(23)13-15-32(24,25)3)44-30(38)43-18-42-28(35)11-5-20(29(36)37)17-45(39,40)41/h19-26H,4-18H2,1-3H3,(H,33,34)(H,36,37)(H2,39,40,41)/t19-,20?,21-,22-,23?,24?,25?,26?,31+,32-/m1/s1. The molecule has 0 spiro atoms. The van der Waals surface area contributed by atoms with E-state index < -0.39 is 57.0 Å². The summed E-state index contributed by atoms with van der Waals surface area (Å²) in [5.41, 5.74) is 0.459. The van der Waals surface area contributed by atoms with Gasteiger partial charge in [-0.3, -0.25) is 18.9 Å². The van der Waals surface area contributed by atoms with E-state index in [2.05, 4.69) is 20.8 Å². The van der Waals surface area contributed by atoms with Crippen LogP contribution in [0.1, 0.15) is 104 Å². The van der Waals surface area contributed by atoms with Gasteiger partial charge in [-0.15, -0.1) is 0 Å². The van der Waals surface area contributed by atoms with Crippen molar-refractivity contribution in [3.63, 3.8) is 0 Å². The van der Waals surface area contributed by atoms with Gasteiger partial charge in [0.05, 0.1) is 12.1 Å². The highest BCUT2D eigenvalue weighted by Crippen LogP contribution is 2.68. The van der Waals surface area contributed by atoms with E-state index in [0.717, 1.165) is 32.1 Å². The first-order valence-electron chi connectivity index (χ1n) is 16.5. The normalized spacial score (nSPS) is 35.6. The van der Waals surface area contributed by atoms with Crippen molar-refractivity contribution < 1.29 is 58.0 Å². The molecule has 13 heteroatoms. The number of hydrogen-bond donors (Lipinski definition) is 4. The summed E-state index contributed by atoms with van der Waals surface area (Å²) in [4.78, 5) is 64.7. The summed E-state index contributed by atoms with van der Waals surface area (Å²) in [5.74, 6) is -0.947. The molecule has 0 amide bonds. The summed E-state index contributed by atoms with van der Waals surface area (Å²) >= 11 is 0. The third-order valence-corrected chi connectivity index (χ3v) is 13.3. The van der Waals surface area contributed by atoms with Crippen LogP contribution in [-0.2, 0) is 33.2 Å². The molecule has 256 valence electrons. The van der Waals surface area contributed by atoms with Crippen LogP contribution in [0, 0.1) is 52.3 Å². The van der Waals surface area contributed by atoms with Crippen LogP contribution in [0.4, 0.5) is 4.79 Å². The number of carbonyl (C=O) groups is 4. The van der Waals surface area contributed by atoms with Gasteiger partial charge in [0.25, 0.3) is 0 Å². The summed E-state index contributed by atoms with van der Waals surface area (Å²) < 4.78 is 26.5. The number of carboxylic acids is 2. The molecular weight excluding hydrogens is 607 g/mol. The van der Waals surface area contributed by atoms with Crippen LogP contribution in [0.3, 0.4) is 0 Å². The molecule has 10 atom stereocenters. The molecule has 4 aliphatic rings. The largest absolute Gasteiger partial charge is 0.511 e. The van der Waals surface area contributed by atoms with Gasteiger partial charge in [-0.2, -0.15) is 0 Å². The fourth-order valence-electron chi connectivity index (χ4n) is 10.1. The minimum Gasteiger partial charge on any atom is -0.481 e. The predicted octanol–water partition coefficient (Wildman–Crippen LogP) is 5.83. The maximum atomic E-state index is 12.4. The van der Waals surface area contributed by atoms with E-state index in [1.165, 1.54) is 32.1 Å². The second kappa shape index (κ2) is 14.3. The first-order chi connectivity index (χ1) is 21.0. The molecule has 0 aromatic heterocycles. The highest BCUT2D eigenvalue weighted by molar-refractivity contribution is 7.51. The SMILES string of the molecule is C[C@H](CCC(=O)O)C1CCC2C3CC[C@@H]4C[C@H](OC(=O)OCOC(=O)CCC(CP(=O)(O)O)C(=O)O)CC[C@]4(C)C3CC[C@@]21C. The average Bonchev–Trinajstić information content (AvgIpc) is 3.30. The Balaban J connectivity index is 1.22. The molecule has 4 saturated carbocycles. The van der Waals surface area contributed by atoms with Gasteiger partial charge in [0.15, 0.2) is 0 Å². The molecule has 0 heterocycles. The van der Waals surface area contributed by atoms with Gasteiger partial charge < -0.3 is 34.2 Å². The molecule has 0 radical (unpaired) electrons. The number of hydrogen-bond acceptors (Lipinski definition) is 8. The fourth-order valence-corrected chi connectivity index (χ4v) is 11.0. The van der Waals surface area contributed by atoms with Crippen molar-refractivity contribution >= 4 is 31.7 Å². The monoisotopic (exact) mass is 658 g/mol. The maximum Gasteiger partial charge on any atom is 0.511 e. The van der Waals surface area contributed by atoms with Crippen LogP contribution in [0.15, 0.2) is 0 Å². The van der Waals surface area contributed by atoms with Gasteiger partial charge in [0.2, 0.25) is 6.79 Å². The minimum atomic E-state index is -4.56. The number of carboxylic acid groups (broad SMARTS) is 2. The molecule has 4 aliphatic carbocycles. The highest BCUT2D eigenvalue weighted by atomic mass is 31.2. The van der Waals surface area contributed by atoms with E-state index in [-0.39, 0.29) is 29.8 Å². The number of carbonyl (C=O) groups excluding carboxylic acids is 2. The summed E-state index contributed by atoms with van der Waals surface area (Å²) in [6, 6.07) is 0. The number of rotatable bonds is 13. The number of fused-ring (bicyclic) bond motifs is 5. The summed E-state index contributed by atoms with van der Waals surface area (Å²) in [6.45, 7) is 6.46. The van der Waals surface area contributed by atoms with E-state index in [0.29, 0.717) is 35.5 Å². The lowest BCUT2D eigenvalue weighted by Gasteiger charge is -2.61. The maximum absolute atomic E-state index is 12.4. The van der Waals surface area contributed by atoms with Crippen LogP contribution >= 0.6 is 7.60 Å². The van der Waals surface area contributed by atoms with Gasteiger partial charge >= 0.3 is 31.7 Å². The predicted molar refractivity (Wildman–Crippen MR) is 161 cm³/mol. The lowest BCUT2D eigenvalue weighted by atomic mass is 9.44. The van der Waals surface area contributed by atoms with Crippen molar-refractivity contribution in [1.29, 1.82) is 0 Å². The van der Waals surface area contributed by atoms with Gasteiger partial charge in [0, 0.05) is 12.8 Å². The van der Waals surface area contributed by atoms with Crippen molar-refractivity contribution in [2.75, 3.05) is 13.0 Å². The first kappa shape index (κ1) is 35.7. The molecule has 4 rings (SSSR count). The molecule has 5 unspecified atom stereocenters. The second-order valence-corrected chi connectivity index (χ2v) is 16.5.